The van der Waals surface area contributed by atoms with Crippen LogP contribution in [0, 0.1) is 24.2 Å². The van der Waals surface area contributed by atoms with Crippen molar-refractivity contribution in [3.05, 3.63) is 111 Å². The fourth-order valence-electron chi connectivity index (χ4n) is 8.73. The normalized spacial score (nSPS) is 24.5. The van der Waals surface area contributed by atoms with Crippen molar-refractivity contribution in [1.82, 2.24) is 10.1 Å². The summed E-state index contributed by atoms with van der Waals surface area (Å²) in [6.45, 7) is 10.5. The van der Waals surface area contributed by atoms with Crippen LogP contribution in [0.2, 0.25) is 0 Å². The zero-order valence-electron chi connectivity index (χ0n) is 28.1. The van der Waals surface area contributed by atoms with Gasteiger partial charge in [0, 0.05) is 27.6 Å². The number of aldehydes is 1. The van der Waals surface area contributed by atoms with Gasteiger partial charge < -0.3 is 14.0 Å². The lowest BCUT2D eigenvalue weighted by molar-refractivity contribution is 0.0595. The zero-order chi connectivity index (χ0) is 33.9. The van der Waals surface area contributed by atoms with E-state index >= 15 is 0 Å². The molecule has 8 heteroatoms. The highest BCUT2D eigenvalue weighted by atomic mass is 16.5. The van der Waals surface area contributed by atoms with Crippen molar-refractivity contribution in [1.29, 1.82) is 0 Å². The molecule has 0 aliphatic heterocycles. The molecule has 7 rings (SSSR count). The van der Waals surface area contributed by atoms with Gasteiger partial charge in [-0.3, -0.25) is 19.3 Å². The van der Waals surface area contributed by atoms with Crippen LogP contribution in [0.5, 0.6) is 11.6 Å². The Bertz CT molecular complexity index is 2020. The number of nitrogens with zero attached hydrogens (tertiary/aromatic N) is 2. The highest BCUT2D eigenvalue weighted by molar-refractivity contribution is 6.19. The van der Waals surface area contributed by atoms with Crippen LogP contribution in [0.3, 0.4) is 0 Å². The molecule has 0 amide bonds. The molecule has 1 aromatic heterocycles. The Labute approximate surface area is 280 Å². The topological polar surface area (TPSA) is 98.9 Å². The molecule has 1 spiro atoms. The number of aryl methyl sites for hydroxylation is 1. The van der Waals surface area contributed by atoms with Crippen molar-refractivity contribution in [3.8, 4) is 11.6 Å². The van der Waals surface area contributed by atoms with Crippen LogP contribution < -0.4 is 9.47 Å². The van der Waals surface area contributed by atoms with E-state index in [1.54, 1.807) is 12.1 Å². The number of hydrogen-bond donors (Lipinski definition) is 0. The Morgan fingerprint density at radius 3 is 2.52 bits per heavy atom. The molecule has 1 saturated carbocycles. The Kier molecular flexibility index (Phi) is 7.95. The maximum Gasteiger partial charge on any atom is 0.265 e. The number of Topliss-reactive ketones (excluding diaryl/α,β-unsaturated/α-hetero) is 2. The number of carbonyl (C=O) groups is 3. The Balaban J connectivity index is 1.37. The van der Waals surface area contributed by atoms with E-state index in [2.05, 4.69) is 30.5 Å². The third-order valence-corrected chi connectivity index (χ3v) is 10.8. The maximum atomic E-state index is 14.9. The van der Waals surface area contributed by atoms with Gasteiger partial charge in [0.05, 0.1) is 11.5 Å². The van der Waals surface area contributed by atoms with Gasteiger partial charge in [-0.2, -0.15) is 0 Å². The van der Waals surface area contributed by atoms with E-state index in [0.29, 0.717) is 53.0 Å². The predicted octanol–water partition coefficient (Wildman–Crippen LogP) is 7.68. The smallest absolute Gasteiger partial charge is 0.265 e. The van der Waals surface area contributed by atoms with Crippen LogP contribution in [-0.4, -0.2) is 48.6 Å². The first-order chi connectivity index (χ1) is 23.2. The molecule has 0 bridgehead atoms. The van der Waals surface area contributed by atoms with Crippen LogP contribution in [0.15, 0.2) is 76.9 Å². The second-order valence-electron chi connectivity index (χ2n) is 13.4. The number of fused-ring (bicyclic) bond motifs is 3. The molecule has 0 saturated heterocycles. The Morgan fingerprint density at radius 2 is 1.83 bits per heavy atom. The van der Waals surface area contributed by atoms with Gasteiger partial charge in [-0.15, -0.1) is 0 Å². The molecular weight excluding hydrogens is 604 g/mol. The van der Waals surface area contributed by atoms with E-state index < -0.39 is 5.41 Å². The summed E-state index contributed by atoms with van der Waals surface area (Å²) in [4.78, 5) is 43.5. The third-order valence-electron chi connectivity index (χ3n) is 10.8. The van der Waals surface area contributed by atoms with Crippen molar-refractivity contribution < 1.29 is 28.4 Å². The van der Waals surface area contributed by atoms with Gasteiger partial charge in [0.1, 0.15) is 30.8 Å². The van der Waals surface area contributed by atoms with Crippen LogP contribution >= 0.6 is 0 Å². The van der Waals surface area contributed by atoms with Crippen LogP contribution in [-0.2, 0) is 13.0 Å². The number of hydrogen-bond acceptors (Lipinski definition) is 8. The van der Waals surface area contributed by atoms with Crippen molar-refractivity contribution in [2.45, 2.75) is 52.7 Å². The average molecular weight is 645 g/mol. The summed E-state index contributed by atoms with van der Waals surface area (Å²) in [5, 5.41) is 5.95. The number of carbonyl (C=O) groups excluding carboxylic acids is 3. The molecule has 3 aliphatic carbocycles. The van der Waals surface area contributed by atoms with Crippen LogP contribution in [0.4, 0.5) is 0 Å². The summed E-state index contributed by atoms with van der Waals surface area (Å²) in [5.74, 6) is 0.931. The second kappa shape index (κ2) is 12.0. The minimum Gasteiger partial charge on any atom is -0.489 e. The van der Waals surface area contributed by atoms with Crippen molar-refractivity contribution in [3.63, 3.8) is 0 Å². The lowest BCUT2D eigenvalue weighted by Gasteiger charge is -2.39. The van der Waals surface area contributed by atoms with Crippen molar-refractivity contribution in [2.24, 2.45) is 17.3 Å². The van der Waals surface area contributed by atoms with Gasteiger partial charge in [0.25, 0.3) is 5.88 Å². The minimum atomic E-state index is -0.882. The zero-order valence-corrected chi connectivity index (χ0v) is 28.1. The first kappa shape index (κ1) is 31.8. The van der Waals surface area contributed by atoms with E-state index in [4.69, 9.17) is 14.0 Å². The van der Waals surface area contributed by atoms with E-state index in [-0.39, 0.29) is 48.5 Å². The largest absolute Gasteiger partial charge is 0.489 e. The fraction of sp³-hybridized carbons (Fsp3) is 0.350. The second-order valence-corrected chi connectivity index (χ2v) is 13.4. The lowest BCUT2D eigenvalue weighted by Crippen LogP contribution is -2.42. The maximum absolute atomic E-state index is 14.9. The first-order valence-corrected chi connectivity index (χ1v) is 16.6. The molecule has 4 atom stereocenters. The van der Waals surface area contributed by atoms with Crippen LogP contribution in [0.1, 0.15) is 86.3 Å². The minimum absolute atomic E-state index is 0.0740. The van der Waals surface area contributed by atoms with Crippen molar-refractivity contribution in [2.75, 3.05) is 20.7 Å². The number of ketones is 2. The summed E-state index contributed by atoms with van der Waals surface area (Å²) in [6.07, 6.45) is 4.29. The molecule has 246 valence electrons. The van der Waals surface area contributed by atoms with Gasteiger partial charge >= 0.3 is 0 Å². The fourth-order valence-corrected chi connectivity index (χ4v) is 8.73. The van der Waals surface area contributed by atoms with E-state index in [1.165, 1.54) is 0 Å². The van der Waals surface area contributed by atoms with E-state index in [0.717, 1.165) is 39.3 Å². The SMILES string of the molecule is C=CCOc1c2c(c(C)c3cc(C=O)ccc13)C(=O)C(=C1C(C)C13C(=O)c1c(OCc4ccccc4)noc1C(N(C)C)C3CC)CC2. The van der Waals surface area contributed by atoms with Gasteiger partial charge in [0.2, 0.25) is 0 Å². The summed E-state index contributed by atoms with van der Waals surface area (Å²) >= 11 is 0. The Hall–Kier alpha value is -4.82. The molecule has 3 aromatic carbocycles. The van der Waals surface area contributed by atoms with Crippen molar-refractivity contribution >= 4 is 28.6 Å². The molecule has 8 nitrogen and oxygen atoms in total. The van der Waals surface area contributed by atoms with Gasteiger partial charge in [-0.1, -0.05) is 69.3 Å². The summed E-state index contributed by atoms with van der Waals surface area (Å²) in [6, 6.07) is 15.0. The number of rotatable bonds is 9. The average Bonchev–Trinajstić information content (AvgIpc) is 3.46. The molecule has 4 aromatic rings. The van der Waals surface area contributed by atoms with E-state index in [9.17, 15) is 14.4 Å². The summed E-state index contributed by atoms with van der Waals surface area (Å²) in [7, 11) is 3.98. The van der Waals surface area contributed by atoms with Crippen LogP contribution in [0.25, 0.3) is 10.8 Å². The molecular formula is C40H40N2O6. The Morgan fingerprint density at radius 1 is 1.06 bits per heavy atom. The monoisotopic (exact) mass is 644 g/mol. The highest BCUT2D eigenvalue weighted by Crippen LogP contribution is 2.72. The first-order valence-electron chi connectivity index (χ1n) is 16.6. The molecule has 0 N–H and O–H groups in total. The number of ether oxygens (including phenoxy) is 2. The van der Waals surface area contributed by atoms with Gasteiger partial charge in [-0.25, -0.2) is 0 Å². The van der Waals surface area contributed by atoms with Gasteiger partial charge in [0.15, 0.2) is 17.3 Å². The molecule has 48 heavy (non-hydrogen) atoms. The number of aromatic nitrogens is 1. The van der Waals surface area contributed by atoms with E-state index in [1.807, 2.05) is 63.5 Å². The molecule has 1 heterocycles. The summed E-state index contributed by atoms with van der Waals surface area (Å²) in [5.41, 5.74) is 4.88. The molecule has 3 aliphatic rings. The predicted molar refractivity (Wildman–Crippen MR) is 183 cm³/mol. The quantitative estimate of drug-likeness (QED) is 0.104. The molecule has 0 radical (unpaired) electrons. The van der Waals surface area contributed by atoms with Gasteiger partial charge in [-0.05, 0) is 85.1 Å². The summed E-state index contributed by atoms with van der Waals surface area (Å²) < 4.78 is 18.3. The lowest BCUT2D eigenvalue weighted by atomic mass is 9.68. The molecule has 4 unspecified atom stereocenters. The number of benzene rings is 3. The third kappa shape index (κ3) is 4.53. The highest BCUT2D eigenvalue weighted by Gasteiger charge is 2.72. The standard InChI is InChI=1S/C40H40N2O6/c1-7-18-46-36-26-15-14-25(20-43)19-29(26)22(3)31-27(36)16-17-28(35(31)44)33-23(4)40(33)30(8-2)34(42(5)6)37-32(38(40)45)39(41-48-37)47-21-24-12-10-9-11-13-24/h7,9-15,19-20,23,30,34H,1,8,16-18,21H2,2-6H3. The molecule has 1 fully saturated rings. The number of allylic oxidation sites excluding steroid dienone is 2.